The van der Waals surface area contributed by atoms with E-state index < -0.39 is 0 Å². The molecule has 2 fully saturated rings. The minimum atomic E-state index is -0.267. The number of piperazine rings is 1. The summed E-state index contributed by atoms with van der Waals surface area (Å²) in [6.45, 7) is 4.42. The lowest BCUT2D eigenvalue weighted by Gasteiger charge is -2.35. The third-order valence-electron chi connectivity index (χ3n) is 5.70. The molecule has 3 heterocycles. The van der Waals surface area contributed by atoms with Crippen molar-refractivity contribution in [3.63, 3.8) is 0 Å². The second-order valence-corrected chi connectivity index (χ2v) is 7.56. The first-order valence-electron chi connectivity index (χ1n) is 9.98. The SMILES string of the molecule is COc1ccc(N2CC(C(=O)N3CCN(Cc4ccncc4)CC3)CC2=O)cc1. The number of benzene rings is 1. The molecule has 2 aliphatic heterocycles. The highest BCUT2D eigenvalue weighted by Gasteiger charge is 2.37. The summed E-state index contributed by atoms with van der Waals surface area (Å²) >= 11 is 0. The van der Waals surface area contributed by atoms with E-state index in [0.717, 1.165) is 31.1 Å². The Labute approximate surface area is 170 Å². The molecule has 0 bridgehead atoms. The van der Waals surface area contributed by atoms with Crippen molar-refractivity contribution < 1.29 is 14.3 Å². The van der Waals surface area contributed by atoms with Crippen LogP contribution in [0, 0.1) is 5.92 Å². The maximum atomic E-state index is 13.0. The van der Waals surface area contributed by atoms with Gasteiger partial charge in [0.15, 0.2) is 0 Å². The smallest absolute Gasteiger partial charge is 0.228 e. The van der Waals surface area contributed by atoms with Crippen molar-refractivity contribution in [1.82, 2.24) is 14.8 Å². The van der Waals surface area contributed by atoms with Crippen molar-refractivity contribution in [2.45, 2.75) is 13.0 Å². The van der Waals surface area contributed by atoms with Crippen LogP contribution in [0.5, 0.6) is 5.75 Å². The van der Waals surface area contributed by atoms with Gasteiger partial charge in [0.2, 0.25) is 11.8 Å². The number of hydrogen-bond donors (Lipinski definition) is 0. The second kappa shape index (κ2) is 8.61. The number of methoxy groups -OCH3 is 1. The maximum Gasteiger partial charge on any atom is 0.228 e. The molecule has 0 aliphatic carbocycles. The number of aromatic nitrogens is 1. The van der Waals surface area contributed by atoms with Gasteiger partial charge in [0.05, 0.1) is 13.0 Å². The molecule has 2 aliphatic rings. The van der Waals surface area contributed by atoms with Crippen molar-refractivity contribution in [3.05, 3.63) is 54.4 Å². The van der Waals surface area contributed by atoms with Crippen LogP contribution in [0.1, 0.15) is 12.0 Å². The Morgan fingerprint density at radius 1 is 1.07 bits per heavy atom. The highest BCUT2D eigenvalue weighted by molar-refractivity contribution is 6.00. The average molecular weight is 394 g/mol. The quantitative estimate of drug-likeness (QED) is 0.774. The van der Waals surface area contributed by atoms with Crippen LogP contribution in [0.25, 0.3) is 0 Å². The molecule has 1 unspecified atom stereocenters. The van der Waals surface area contributed by atoms with Crippen molar-refractivity contribution >= 4 is 17.5 Å². The molecule has 0 N–H and O–H groups in total. The predicted octanol–water partition coefficient (Wildman–Crippen LogP) is 1.79. The van der Waals surface area contributed by atoms with Gasteiger partial charge >= 0.3 is 0 Å². The standard InChI is InChI=1S/C22H26N4O3/c1-29-20-4-2-19(3-5-20)26-16-18(14-21(26)27)22(28)25-12-10-24(11-13-25)15-17-6-8-23-9-7-17/h2-9,18H,10-16H2,1H3. The van der Waals surface area contributed by atoms with E-state index in [4.69, 9.17) is 4.74 Å². The van der Waals surface area contributed by atoms with E-state index >= 15 is 0 Å². The third kappa shape index (κ3) is 4.40. The molecule has 0 spiro atoms. The lowest BCUT2D eigenvalue weighted by atomic mass is 10.1. The van der Waals surface area contributed by atoms with Gasteiger partial charge in [0.1, 0.15) is 5.75 Å². The normalized spacial score (nSPS) is 20.2. The Balaban J connectivity index is 1.31. The Hall–Kier alpha value is -2.93. The van der Waals surface area contributed by atoms with Gasteiger partial charge in [-0.3, -0.25) is 19.5 Å². The molecule has 0 radical (unpaired) electrons. The van der Waals surface area contributed by atoms with Crippen LogP contribution in [0.15, 0.2) is 48.8 Å². The van der Waals surface area contributed by atoms with Crippen LogP contribution in [-0.2, 0) is 16.1 Å². The average Bonchev–Trinajstić information content (AvgIpc) is 3.16. The molecule has 0 saturated carbocycles. The Kier molecular flexibility index (Phi) is 5.76. The van der Waals surface area contributed by atoms with Gasteiger partial charge in [-0.15, -0.1) is 0 Å². The summed E-state index contributed by atoms with van der Waals surface area (Å²) in [5.74, 6) is 0.580. The number of ether oxygens (including phenoxy) is 1. The van der Waals surface area contributed by atoms with E-state index in [1.54, 1.807) is 24.4 Å². The lowest BCUT2D eigenvalue weighted by Crippen LogP contribution is -2.50. The van der Waals surface area contributed by atoms with Crippen LogP contribution < -0.4 is 9.64 Å². The predicted molar refractivity (Wildman–Crippen MR) is 110 cm³/mol. The fourth-order valence-corrected chi connectivity index (χ4v) is 4.02. The molecule has 4 rings (SSSR count). The molecule has 29 heavy (non-hydrogen) atoms. The summed E-state index contributed by atoms with van der Waals surface area (Å²) in [5.41, 5.74) is 2.05. The van der Waals surface area contributed by atoms with Gasteiger partial charge in [-0.05, 0) is 42.0 Å². The monoisotopic (exact) mass is 394 g/mol. The number of pyridine rings is 1. The zero-order chi connectivity index (χ0) is 20.2. The third-order valence-corrected chi connectivity index (χ3v) is 5.70. The van der Waals surface area contributed by atoms with E-state index in [9.17, 15) is 9.59 Å². The number of nitrogens with zero attached hydrogens (tertiary/aromatic N) is 4. The van der Waals surface area contributed by atoms with Gasteiger partial charge in [0.25, 0.3) is 0 Å². The number of carbonyl (C=O) groups is 2. The van der Waals surface area contributed by atoms with E-state index in [0.29, 0.717) is 19.6 Å². The van der Waals surface area contributed by atoms with Crippen LogP contribution in [0.3, 0.4) is 0 Å². The Morgan fingerprint density at radius 2 is 1.76 bits per heavy atom. The highest BCUT2D eigenvalue weighted by Crippen LogP contribution is 2.28. The number of anilines is 1. The topological polar surface area (TPSA) is 66.0 Å². The Morgan fingerprint density at radius 3 is 2.41 bits per heavy atom. The fourth-order valence-electron chi connectivity index (χ4n) is 4.02. The van der Waals surface area contributed by atoms with E-state index in [2.05, 4.69) is 9.88 Å². The van der Waals surface area contributed by atoms with Crippen molar-refractivity contribution in [2.75, 3.05) is 44.7 Å². The highest BCUT2D eigenvalue weighted by atomic mass is 16.5. The van der Waals surface area contributed by atoms with E-state index in [-0.39, 0.29) is 24.2 Å². The van der Waals surface area contributed by atoms with Gasteiger partial charge < -0.3 is 14.5 Å². The van der Waals surface area contributed by atoms with Crippen LogP contribution in [-0.4, -0.2) is 66.4 Å². The fraction of sp³-hybridized carbons (Fsp3) is 0.409. The first-order chi connectivity index (χ1) is 14.1. The molecule has 1 aromatic heterocycles. The summed E-state index contributed by atoms with van der Waals surface area (Å²) in [4.78, 5) is 35.5. The lowest BCUT2D eigenvalue weighted by molar-refractivity contribution is -0.137. The van der Waals surface area contributed by atoms with Crippen LogP contribution in [0.4, 0.5) is 5.69 Å². The first-order valence-corrected chi connectivity index (χ1v) is 9.98. The number of carbonyl (C=O) groups excluding carboxylic acids is 2. The molecule has 152 valence electrons. The van der Waals surface area contributed by atoms with Gasteiger partial charge in [0, 0.05) is 63.8 Å². The van der Waals surface area contributed by atoms with Gasteiger partial charge in [-0.1, -0.05) is 0 Å². The second-order valence-electron chi connectivity index (χ2n) is 7.56. The summed E-state index contributed by atoms with van der Waals surface area (Å²) in [6.07, 6.45) is 3.89. The summed E-state index contributed by atoms with van der Waals surface area (Å²) in [6, 6.07) is 11.4. The molecule has 1 atom stereocenters. The molecule has 2 saturated heterocycles. The molecule has 2 amide bonds. The summed E-state index contributed by atoms with van der Waals surface area (Å²) in [5, 5.41) is 0. The number of hydrogen-bond acceptors (Lipinski definition) is 5. The Bertz CT molecular complexity index is 848. The van der Waals surface area contributed by atoms with E-state index in [1.807, 2.05) is 41.3 Å². The van der Waals surface area contributed by atoms with Crippen molar-refractivity contribution in [3.8, 4) is 5.75 Å². The molecular formula is C22H26N4O3. The number of rotatable bonds is 5. The molecular weight excluding hydrogens is 368 g/mol. The summed E-state index contributed by atoms with van der Waals surface area (Å²) < 4.78 is 5.17. The van der Waals surface area contributed by atoms with Crippen molar-refractivity contribution in [2.24, 2.45) is 5.92 Å². The van der Waals surface area contributed by atoms with Gasteiger partial charge in [-0.2, -0.15) is 0 Å². The minimum Gasteiger partial charge on any atom is -0.497 e. The number of amides is 2. The van der Waals surface area contributed by atoms with Crippen LogP contribution >= 0.6 is 0 Å². The molecule has 1 aromatic carbocycles. The van der Waals surface area contributed by atoms with E-state index in [1.165, 1.54) is 5.56 Å². The van der Waals surface area contributed by atoms with Crippen molar-refractivity contribution in [1.29, 1.82) is 0 Å². The summed E-state index contributed by atoms with van der Waals surface area (Å²) in [7, 11) is 1.61. The molecule has 7 nitrogen and oxygen atoms in total. The van der Waals surface area contributed by atoms with Gasteiger partial charge in [-0.25, -0.2) is 0 Å². The first kappa shape index (κ1) is 19.4. The maximum absolute atomic E-state index is 13.0. The largest absolute Gasteiger partial charge is 0.497 e. The minimum absolute atomic E-state index is 0.00448. The van der Waals surface area contributed by atoms with Crippen LogP contribution in [0.2, 0.25) is 0 Å². The zero-order valence-electron chi connectivity index (χ0n) is 16.7. The zero-order valence-corrected chi connectivity index (χ0v) is 16.7. The molecule has 7 heteroatoms. The molecule has 2 aromatic rings.